The van der Waals surface area contributed by atoms with E-state index in [0.717, 1.165) is 15.6 Å². The standard InChI is InChI=1S/C16H13BrN2O2S/c1-12-2-8-15(9-3-12)22(20,21)19-11-10-18-16(19)13-4-6-14(17)7-5-13/h2-11H,1H3. The second kappa shape index (κ2) is 5.70. The van der Waals surface area contributed by atoms with Gasteiger partial charge in [-0.3, -0.25) is 0 Å². The zero-order valence-electron chi connectivity index (χ0n) is 11.8. The van der Waals surface area contributed by atoms with Gasteiger partial charge < -0.3 is 0 Å². The molecule has 112 valence electrons. The molecule has 3 aromatic rings. The Morgan fingerprint density at radius 3 is 2.27 bits per heavy atom. The maximum atomic E-state index is 12.8. The van der Waals surface area contributed by atoms with Gasteiger partial charge in [0.05, 0.1) is 4.90 Å². The van der Waals surface area contributed by atoms with Crippen LogP contribution in [0.3, 0.4) is 0 Å². The Morgan fingerprint density at radius 2 is 1.64 bits per heavy atom. The van der Waals surface area contributed by atoms with Gasteiger partial charge in [-0.15, -0.1) is 0 Å². The van der Waals surface area contributed by atoms with Crippen molar-refractivity contribution in [3.8, 4) is 11.4 Å². The Hall–Kier alpha value is -1.92. The van der Waals surface area contributed by atoms with Crippen LogP contribution in [0.1, 0.15) is 5.56 Å². The number of imidazole rings is 1. The molecule has 22 heavy (non-hydrogen) atoms. The molecule has 6 heteroatoms. The predicted molar refractivity (Wildman–Crippen MR) is 89.1 cm³/mol. The van der Waals surface area contributed by atoms with Gasteiger partial charge in [0, 0.05) is 22.4 Å². The van der Waals surface area contributed by atoms with Crippen LogP contribution in [0.5, 0.6) is 0 Å². The molecule has 0 unspecified atom stereocenters. The zero-order chi connectivity index (χ0) is 15.7. The van der Waals surface area contributed by atoms with Gasteiger partial charge in [0.25, 0.3) is 10.0 Å². The summed E-state index contributed by atoms with van der Waals surface area (Å²) in [6.45, 7) is 1.92. The first-order chi connectivity index (χ1) is 10.5. The van der Waals surface area contributed by atoms with Gasteiger partial charge >= 0.3 is 0 Å². The molecule has 0 spiro atoms. The largest absolute Gasteiger partial charge is 0.269 e. The van der Waals surface area contributed by atoms with E-state index in [1.54, 1.807) is 24.3 Å². The molecule has 0 N–H and O–H groups in total. The molecule has 1 aromatic heterocycles. The van der Waals surface area contributed by atoms with E-state index >= 15 is 0 Å². The van der Waals surface area contributed by atoms with Crippen LogP contribution in [0.4, 0.5) is 0 Å². The average Bonchev–Trinajstić information content (AvgIpc) is 2.99. The summed E-state index contributed by atoms with van der Waals surface area (Å²) in [4.78, 5) is 4.44. The third-order valence-electron chi connectivity index (χ3n) is 3.29. The fourth-order valence-corrected chi connectivity index (χ4v) is 3.68. The first kappa shape index (κ1) is 15.0. The molecule has 0 amide bonds. The van der Waals surface area contributed by atoms with Crippen LogP contribution in [0, 0.1) is 6.92 Å². The van der Waals surface area contributed by atoms with E-state index in [4.69, 9.17) is 0 Å². The SMILES string of the molecule is Cc1ccc(S(=O)(=O)n2ccnc2-c2ccc(Br)cc2)cc1. The van der Waals surface area contributed by atoms with E-state index in [1.807, 2.05) is 31.2 Å². The summed E-state index contributed by atoms with van der Waals surface area (Å²) in [5.41, 5.74) is 1.75. The summed E-state index contributed by atoms with van der Waals surface area (Å²) in [7, 11) is -3.66. The highest BCUT2D eigenvalue weighted by molar-refractivity contribution is 9.10. The van der Waals surface area contributed by atoms with Gasteiger partial charge in [0.15, 0.2) is 5.82 Å². The van der Waals surface area contributed by atoms with Crippen molar-refractivity contribution in [2.45, 2.75) is 11.8 Å². The average molecular weight is 377 g/mol. The summed E-state index contributed by atoms with van der Waals surface area (Å²) in [5, 5.41) is 0. The van der Waals surface area contributed by atoms with E-state index in [0.29, 0.717) is 5.82 Å². The number of rotatable bonds is 3. The van der Waals surface area contributed by atoms with Gasteiger partial charge in [-0.05, 0) is 31.2 Å². The van der Waals surface area contributed by atoms with E-state index in [9.17, 15) is 8.42 Å². The monoisotopic (exact) mass is 376 g/mol. The number of benzene rings is 2. The molecule has 4 nitrogen and oxygen atoms in total. The van der Waals surface area contributed by atoms with E-state index in [2.05, 4.69) is 20.9 Å². The van der Waals surface area contributed by atoms with Crippen molar-refractivity contribution in [1.29, 1.82) is 0 Å². The van der Waals surface area contributed by atoms with Gasteiger partial charge in [-0.25, -0.2) is 17.4 Å². The van der Waals surface area contributed by atoms with Crippen LogP contribution < -0.4 is 0 Å². The molecule has 0 aliphatic rings. The molecule has 0 saturated heterocycles. The molecule has 0 fully saturated rings. The van der Waals surface area contributed by atoms with Crippen molar-refractivity contribution < 1.29 is 8.42 Å². The van der Waals surface area contributed by atoms with Crippen LogP contribution in [0.15, 0.2) is 70.3 Å². The normalized spacial score (nSPS) is 11.5. The minimum Gasteiger partial charge on any atom is -0.236 e. The van der Waals surface area contributed by atoms with Gasteiger partial charge in [0.2, 0.25) is 0 Å². The molecule has 0 radical (unpaired) electrons. The summed E-state index contributed by atoms with van der Waals surface area (Å²) in [5.74, 6) is 0.396. The topological polar surface area (TPSA) is 52.0 Å². The predicted octanol–water partition coefficient (Wildman–Crippen LogP) is 3.86. The van der Waals surface area contributed by atoms with Crippen molar-refractivity contribution in [3.05, 3.63) is 71.0 Å². The molecule has 0 saturated carbocycles. The lowest BCUT2D eigenvalue weighted by atomic mass is 10.2. The molecule has 1 heterocycles. The maximum Gasteiger partial charge on any atom is 0.269 e. The minimum absolute atomic E-state index is 0.245. The highest BCUT2D eigenvalue weighted by Crippen LogP contribution is 2.24. The lowest BCUT2D eigenvalue weighted by Gasteiger charge is -2.09. The van der Waals surface area contributed by atoms with Gasteiger partial charge in [0.1, 0.15) is 0 Å². The number of nitrogens with zero attached hydrogens (tertiary/aromatic N) is 2. The fraction of sp³-hybridized carbons (Fsp3) is 0.0625. The highest BCUT2D eigenvalue weighted by Gasteiger charge is 2.20. The number of aryl methyl sites for hydroxylation is 1. The smallest absolute Gasteiger partial charge is 0.236 e. The molecule has 0 aliphatic heterocycles. The number of aromatic nitrogens is 2. The lowest BCUT2D eigenvalue weighted by Crippen LogP contribution is -2.13. The zero-order valence-corrected chi connectivity index (χ0v) is 14.2. The Kier molecular flexibility index (Phi) is 3.88. The maximum absolute atomic E-state index is 12.8. The minimum atomic E-state index is -3.66. The first-order valence-electron chi connectivity index (χ1n) is 6.60. The van der Waals surface area contributed by atoms with Gasteiger partial charge in [-0.1, -0.05) is 45.8 Å². The summed E-state index contributed by atoms with van der Waals surface area (Å²) < 4.78 is 27.7. The molecular weight excluding hydrogens is 364 g/mol. The van der Waals surface area contributed by atoms with Crippen molar-refractivity contribution in [3.63, 3.8) is 0 Å². The van der Waals surface area contributed by atoms with Crippen molar-refractivity contribution in [2.75, 3.05) is 0 Å². The van der Waals surface area contributed by atoms with Crippen LogP contribution in [-0.4, -0.2) is 17.4 Å². The molecule has 0 bridgehead atoms. The molecule has 2 aromatic carbocycles. The number of halogens is 1. The third-order valence-corrected chi connectivity index (χ3v) is 5.50. The quantitative estimate of drug-likeness (QED) is 0.697. The second-order valence-corrected chi connectivity index (χ2v) is 7.60. The Labute approximate surface area is 137 Å². The lowest BCUT2D eigenvalue weighted by molar-refractivity contribution is 0.588. The highest BCUT2D eigenvalue weighted by atomic mass is 79.9. The third kappa shape index (κ3) is 2.71. The van der Waals surface area contributed by atoms with Crippen molar-refractivity contribution >= 4 is 26.0 Å². The van der Waals surface area contributed by atoms with E-state index < -0.39 is 10.0 Å². The molecule has 0 atom stereocenters. The molecule has 0 aliphatic carbocycles. The van der Waals surface area contributed by atoms with Crippen LogP contribution >= 0.6 is 15.9 Å². The van der Waals surface area contributed by atoms with E-state index in [-0.39, 0.29) is 4.90 Å². The summed E-state index contributed by atoms with van der Waals surface area (Å²) >= 11 is 3.36. The summed E-state index contributed by atoms with van der Waals surface area (Å²) in [6.07, 6.45) is 2.95. The van der Waals surface area contributed by atoms with E-state index in [1.165, 1.54) is 16.4 Å². The van der Waals surface area contributed by atoms with Crippen LogP contribution in [0.25, 0.3) is 11.4 Å². The summed E-state index contributed by atoms with van der Waals surface area (Å²) in [6, 6.07) is 14.1. The first-order valence-corrected chi connectivity index (χ1v) is 8.83. The van der Waals surface area contributed by atoms with Gasteiger partial charge in [-0.2, -0.15) is 0 Å². The fourth-order valence-electron chi connectivity index (χ4n) is 2.11. The Bertz CT molecular complexity index is 898. The number of hydrogen-bond donors (Lipinski definition) is 0. The Morgan fingerprint density at radius 1 is 1.00 bits per heavy atom. The molecule has 3 rings (SSSR count). The van der Waals surface area contributed by atoms with Crippen LogP contribution in [0.2, 0.25) is 0 Å². The molecular formula is C16H13BrN2O2S. The second-order valence-electron chi connectivity index (χ2n) is 4.87. The van der Waals surface area contributed by atoms with Crippen LogP contribution in [-0.2, 0) is 10.0 Å². The van der Waals surface area contributed by atoms with Crippen molar-refractivity contribution in [2.24, 2.45) is 0 Å². The van der Waals surface area contributed by atoms with Crippen molar-refractivity contribution in [1.82, 2.24) is 8.96 Å². The Balaban J connectivity index is 2.11. The number of hydrogen-bond acceptors (Lipinski definition) is 3.